The van der Waals surface area contributed by atoms with Gasteiger partial charge < -0.3 is 10.2 Å². The molecule has 154 valence electrons. The molecule has 2 unspecified atom stereocenters. The Hall–Kier alpha value is -2.18. The van der Waals surface area contributed by atoms with Crippen molar-refractivity contribution in [1.29, 1.82) is 0 Å². The molecule has 6 nitrogen and oxygen atoms in total. The number of carbonyl (C=O) groups excluding carboxylic acids is 1. The third kappa shape index (κ3) is 4.87. The second-order valence-electron chi connectivity index (χ2n) is 7.86. The third-order valence-electron chi connectivity index (χ3n) is 5.94. The summed E-state index contributed by atoms with van der Waals surface area (Å²) in [6.45, 7) is 4.24. The van der Waals surface area contributed by atoms with Gasteiger partial charge in [0.2, 0.25) is 11.9 Å². The maximum absolute atomic E-state index is 13.0. The van der Waals surface area contributed by atoms with E-state index in [1.165, 1.54) is 12.8 Å². The Morgan fingerprint density at radius 1 is 1.10 bits per heavy atom. The first kappa shape index (κ1) is 20.1. The zero-order valence-electron chi connectivity index (χ0n) is 16.6. The van der Waals surface area contributed by atoms with Gasteiger partial charge in [0, 0.05) is 37.1 Å². The number of hydrogen-bond donors (Lipinski definition) is 1. The van der Waals surface area contributed by atoms with Gasteiger partial charge in [-0.2, -0.15) is 0 Å². The van der Waals surface area contributed by atoms with Crippen molar-refractivity contribution in [3.8, 4) is 0 Å². The van der Waals surface area contributed by atoms with Crippen molar-refractivity contribution in [1.82, 2.24) is 20.2 Å². The Bertz CT molecular complexity index is 812. The molecule has 3 heterocycles. The van der Waals surface area contributed by atoms with Crippen LogP contribution in [0.5, 0.6) is 0 Å². The molecule has 2 aliphatic rings. The van der Waals surface area contributed by atoms with E-state index in [1.807, 2.05) is 24.3 Å². The number of hydrogen-bond acceptors (Lipinski definition) is 5. The molecule has 0 radical (unpaired) electrons. The lowest BCUT2D eigenvalue weighted by atomic mass is 9.97. The molecule has 0 bridgehead atoms. The second-order valence-corrected chi connectivity index (χ2v) is 8.27. The maximum atomic E-state index is 13.0. The van der Waals surface area contributed by atoms with Crippen LogP contribution in [0.1, 0.15) is 37.3 Å². The molecule has 1 N–H and O–H groups in total. The number of nitrogens with zero attached hydrogens (tertiary/aromatic N) is 4. The molecular formula is C22H28ClN5O. The SMILES string of the molecule is O=C(NCC(c1ccccc1Cl)N1CCCC1)C1CCCN(c2ncccn2)C1. The normalized spacial score (nSPS) is 21.1. The quantitative estimate of drug-likeness (QED) is 0.787. The molecule has 2 saturated heterocycles. The Morgan fingerprint density at radius 2 is 1.86 bits per heavy atom. The van der Waals surface area contributed by atoms with Crippen LogP contribution in [0.4, 0.5) is 5.95 Å². The number of anilines is 1. The summed E-state index contributed by atoms with van der Waals surface area (Å²) in [6, 6.07) is 9.91. The van der Waals surface area contributed by atoms with E-state index in [2.05, 4.69) is 31.2 Å². The van der Waals surface area contributed by atoms with E-state index in [0.717, 1.165) is 43.1 Å². The topological polar surface area (TPSA) is 61.4 Å². The number of benzene rings is 1. The predicted molar refractivity (Wildman–Crippen MR) is 115 cm³/mol. The molecule has 2 aliphatic heterocycles. The molecule has 0 aliphatic carbocycles. The summed E-state index contributed by atoms with van der Waals surface area (Å²) in [6.07, 6.45) is 7.76. The smallest absolute Gasteiger partial charge is 0.225 e. The van der Waals surface area contributed by atoms with Crippen LogP contribution in [0.2, 0.25) is 5.02 Å². The van der Waals surface area contributed by atoms with Crippen molar-refractivity contribution in [2.24, 2.45) is 5.92 Å². The molecule has 0 saturated carbocycles. The highest BCUT2D eigenvalue weighted by molar-refractivity contribution is 6.31. The lowest BCUT2D eigenvalue weighted by molar-refractivity contribution is -0.125. The van der Waals surface area contributed by atoms with Gasteiger partial charge in [0.05, 0.1) is 12.0 Å². The van der Waals surface area contributed by atoms with Crippen LogP contribution >= 0.6 is 11.6 Å². The minimum atomic E-state index is -0.0435. The Kier molecular flexibility index (Phi) is 6.62. The summed E-state index contributed by atoms with van der Waals surface area (Å²) in [5.74, 6) is 0.774. The average molecular weight is 414 g/mol. The number of aromatic nitrogens is 2. The van der Waals surface area contributed by atoms with E-state index in [-0.39, 0.29) is 17.9 Å². The monoisotopic (exact) mass is 413 g/mol. The number of piperidine rings is 1. The van der Waals surface area contributed by atoms with Gasteiger partial charge in [-0.25, -0.2) is 9.97 Å². The first-order chi connectivity index (χ1) is 14.2. The van der Waals surface area contributed by atoms with Crippen molar-refractivity contribution < 1.29 is 4.79 Å². The molecule has 7 heteroatoms. The van der Waals surface area contributed by atoms with Gasteiger partial charge in [-0.05, 0) is 56.5 Å². The van der Waals surface area contributed by atoms with Crippen LogP contribution in [0, 0.1) is 5.92 Å². The fourth-order valence-electron chi connectivity index (χ4n) is 4.40. The Labute approximate surface area is 177 Å². The summed E-state index contributed by atoms with van der Waals surface area (Å²) in [5, 5.41) is 3.99. The van der Waals surface area contributed by atoms with Crippen molar-refractivity contribution in [3.63, 3.8) is 0 Å². The van der Waals surface area contributed by atoms with Gasteiger partial charge in [0.15, 0.2) is 0 Å². The fraction of sp³-hybridized carbons (Fsp3) is 0.500. The lowest BCUT2D eigenvalue weighted by Crippen LogP contribution is -2.45. The largest absolute Gasteiger partial charge is 0.354 e. The van der Waals surface area contributed by atoms with Crippen molar-refractivity contribution >= 4 is 23.5 Å². The molecule has 1 aromatic carbocycles. The highest BCUT2D eigenvalue weighted by Gasteiger charge is 2.29. The van der Waals surface area contributed by atoms with Crippen LogP contribution in [0.3, 0.4) is 0 Å². The first-order valence-corrected chi connectivity index (χ1v) is 10.9. The molecule has 29 heavy (non-hydrogen) atoms. The van der Waals surface area contributed by atoms with Crippen LogP contribution in [-0.4, -0.2) is 53.5 Å². The van der Waals surface area contributed by atoms with Gasteiger partial charge in [-0.1, -0.05) is 29.8 Å². The van der Waals surface area contributed by atoms with Gasteiger partial charge in [-0.3, -0.25) is 9.69 Å². The van der Waals surface area contributed by atoms with Crippen LogP contribution in [0.15, 0.2) is 42.7 Å². The van der Waals surface area contributed by atoms with Crippen LogP contribution < -0.4 is 10.2 Å². The van der Waals surface area contributed by atoms with E-state index < -0.39 is 0 Å². The van der Waals surface area contributed by atoms with Gasteiger partial charge >= 0.3 is 0 Å². The standard InChI is InChI=1S/C22H28ClN5O/c23-19-9-2-1-8-18(19)20(27-12-3-4-13-27)15-26-21(29)17-7-5-14-28(16-17)22-24-10-6-11-25-22/h1-2,6,8-11,17,20H,3-5,7,12-16H2,(H,26,29). The Morgan fingerprint density at radius 3 is 2.62 bits per heavy atom. The zero-order valence-corrected chi connectivity index (χ0v) is 17.4. The van der Waals surface area contributed by atoms with E-state index in [0.29, 0.717) is 19.0 Å². The summed E-state index contributed by atoms with van der Waals surface area (Å²) >= 11 is 6.49. The second kappa shape index (κ2) is 9.55. The van der Waals surface area contributed by atoms with E-state index >= 15 is 0 Å². The van der Waals surface area contributed by atoms with E-state index in [4.69, 9.17) is 11.6 Å². The summed E-state index contributed by atoms with van der Waals surface area (Å²) in [7, 11) is 0. The summed E-state index contributed by atoms with van der Waals surface area (Å²) in [4.78, 5) is 26.2. The third-order valence-corrected chi connectivity index (χ3v) is 6.29. The average Bonchev–Trinajstić information content (AvgIpc) is 3.30. The summed E-state index contributed by atoms with van der Waals surface area (Å²) < 4.78 is 0. The summed E-state index contributed by atoms with van der Waals surface area (Å²) in [5.41, 5.74) is 1.10. The van der Waals surface area contributed by atoms with Crippen LogP contribution in [-0.2, 0) is 4.79 Å². The highest BCUT2D eigenvalue weighted by Crippen LogP contribution is 2.30. The predicted octanol–water partition coefficient (Wildman–Crippen LogP) is 3.30. The molecular weight excluding hydrogens is 386 g/mol. The number of halogens is 1. The lowest BCUT2D eigenvalue weighted by Gasteiger charge is -2.33. The molecule has 2 atom stereocenters. The van der Waals surface area contributed by atoms with Crippen molar-refractivity contribution in [2.75, 3.05) is 37.6 Å². The van der Waals surface area contributed by atoms with Gasteiger partial charge in [0.25, 0.3) is 0 Å². The molecule has 1 aromatic heterocycles. The van der Waals surface area contributed by atoms with E-state index in [9.17, 15) is 4.79 Å². The van der Waals surface area contributed by atoms with Gasteiger partial charge in [0.1, 0.15) is 0 Å². The molecule has 0 spiro atoms. The highest BCUT2D eigenvalue weighted by atomic mass is 35.5. The molecule has 4 rings (SSSR count). The molecule has 1 amide bonds. The van der Waals surface area contributed by atoms with Gasteiger partial charge in [-0.15, -0.1) is 0 Å². The molecule has 2 aromatic rings. The maximum Gasteiger partial charge on any atom is 0.225 e. The minimum Gasteiger partial charge on any atom is -0.354 e. The zero-order chi connectivity index (χ0) is 20.1. The van der Waals surface area contributed by atoms with E-state index in [1.54, 1.807) is 12.4 Å². The number of nitrogens with one attached hydrogen (secondary N) is 1. The van der Waals surface area contributed by atoms with Crippen LogP contribution in [0.25, 0.3) is 0 Å². The first-order valence-electron chi connectivity index (χ1n) is 10.5. The molecule has 2 fully saturated rings. The van der Waals surface area contributed by atoms with Crippen molar-refractivity contribution in [3.05, 3.63) is 53.3 Å². The number of carbonyl (C=O) groups is 1. The number of amides is 1. The van der Waals surface area contributed by atoms with Crippen molar-refractivity contribution in [2.45, 2.75) is 31.7 Å². The minimum absolute atomic E-state index is 0.0435. The Balaban J connectivity index is 1.40. The fourth-order valence-corrected chi connectivity index (χ4v) is 4.66. The number of rotatable bonds is 6. The number of likely N-dealkylation sites (tertiary alicyclic amines) is 1.